The number of carbonyl (C=O) groups is 1. The third-order valence-corrected chi connectivity index (χ3v) is 2.89. The number of benzene rings is 1. The number of aliphatic carboxylic acids is 1. The first kappa shape index (κ1) is 12.4. The molecule has 1 aromatic carbocycles. The van der Waals surface area contributed by atoms with E-state index >= 15 is 0 Å². The lowest BCUT2D eigenvalue weighted by atomic mass is 9.96. The highest BCUT2D eigenvalue weighted by atomic mass is 35.5. The van der Waals surface area contributed by atoms with Gasteiger partial charge in [-0.15, -0.1) is 0 Å². The minimum Gasteiger partial charge on any atom is -0.478 e. The molecule has 0 aromatic heterocycles. The third kappa shape index (κ3) is 2.31. The highest BCUT2D eigenvalue weighted by Gasteiger charge is 2.28. The fourth-order valence-corrected chi connectivity index (χ4v) is 2.09. The van der Waals surface area contributed by atoms with Gasteiger partial charge in [-0.2, -0.15) is 0 Å². The van der Waals surface area contributed by atoms with Crippen LogP contribution in [0.3, 0.4) is 0 Å². The van der Waals surface area contributed by atoms with Crippen molar-refractivity contribution in [3.63, 3.8) is 0 Å². The Morgan fingerprint density at radius 1 is 1.56 bits per heavy atom. The lowest BCUT2D eigenvalue weighted by molar-refractivity contribution is -0.133. The van der Waals surface area contributed by atoms with Crippen LogP contribution in [-0.4, -0.2) is 17.0 Å². The van der Waals surface area contributed by atoms with E-state index in [0.717, 1.165) is 0 Å². The van der Waals surface area contributed by atoms with Gasteiger partial charge in [-0.1, -0.05) is 23.7 Å². The second-order valence-corrected chi connectivity index (χ2v) is 4.38. The average Bonchev–Trinajstić information content (AvgIpc) is 2.27. The molecule has 94 valence electrons. The zero-order chi connectivity index (χ0) is 13.3. The molecule has 0 radical (unpaired) electrons. The Kier molecular flexibility index (Phi) is 3.25. The summed E-state index contributed by atoms with van der Waals surface area (Å²) in [6.45, 7) is 1.66. The summed E-state index contributed by atoms with van der Waals surface area (Å²) < 4.78 is 0. The Labute approximate surface area is 109 Å². The molecule has 1 aromatic rings. The number of nitrogens with two attached hydrogens (primary N) is 1. The molecule has 0 spiro atoms. The molecule has 0 bridgehead atoms. The maximum atomic E-state index is 11.3. The summed E-state index contributed by atoms with van der Waals surface area (Å²) >= 11 is 5.91. The topological polar surface area (TPSA) is 87.7 Å². The number of hydrogen-bond donors (Lipinski definition) is 3. The van der Waals surface area contributed by atoms with E-state index in [2.05, 4.69) is 10.3 Å². The third-order valence-electron chi connectivity index (χ3n) is 2.66. The average molecular weight is 266 g/mol. The molecule has 18 heavy (non-hydrogen) atoms. The molecular weight excluding hydrogens is 254 g/mol. The number of rotatable bonds is 2. The van der Waals surface area contributed by atoms with Crippen LogP contribution < -0.4 is 11.1 Å². The maximum Gasteiger partial charge on any atom is 0.335 e. The van der Waals surface area contributed by atoms with Gasteiger partial charge >= 0.3 is 5.97 Å². The first-order valence-electron chi connectivity index (χ1n) is 5.29. The predicted molar refractivity (Wildman–Crippen MR) is 69.3 cm³/mol. The van der Waals surface area contributed by atoms with Crippen molar-refractivity contribution in [1.29, 1.82) is 0 Å². The van der Waals surface area contributed by atoms with E-state index in [1.807, 2.05) is 0 Å². The summed E-state index contributed by atoms with van der Waals surface area (Å²) in [4.78, 5) is 15.4. The molecule has 1 heterocycles. The fourth-order valence-electron chi connectivity index (χ4n) is 1.90. The molecule has 0 fully saturated rings. The largest absolute Gasteiger partial charge is 0.478 e. The maximum absolute atomic E-state index is 11.3. The van der Waals surface area contributed by atoms with Gasteiger partial charge < -0.3 is 16.2 Å². The number of aliphatic imine (C=N–C) groups is 1. The molecule has 2 rings (SSSR count). The van der Waals surface area contributed by atoms with Crippen molar-refractivity contribution in [3.8, 4) is 0 Å². The van der Waals surface area contributed by atoms with E-state index in [9.17, 15) is 9.90 Å². The quantitative estimate of drug-likeness (QED) is 0.759. The molecule has 1 aliphatic rings. The van der Waals surface area contributed by atoms with Gasteiger partial charge in [0, 0.05) is 10.7 Å². The Hall–Kier alpha value is -2.01. The molecule has 5 nitrogen and oxygen atoms in total. The van der Waals surface area contributed by atoms with Crippen LogP contribution in [0.2, 0.25) is 5.02 Å². The molecule has 1 unspecified atom stereocenters. The van der Waals surface area contributed by atoms with E-state index in [0.29, 0.717) is 16.3 Å². The Bertz CT molecular complexity index is 566. The van der Waals surface area contributed by atoms with Crippen LogP contribution in [0, 0.1) is 0 Å². The van der Waals surface area contributed by atoms with E-state index < -0.39 is 12.0 Å². The van der Waals surface area contributed by atoms with Crippen molar-refractivity contribution < 1.29 is 9.90 Å². The minimum atomic E-state index is -1.03. The standard InChI is InChI=1S/C12H12ClN3O2/c1-6-9(11(17)18)10(16-12(14)15-6)7-3-2-4-8(13)5-7/h2-5,10H,1H3,(H,17,18)(H3,14,15,16). The summed E-state index contributed by atoms with van der Waals surface area (Å²) in [6.07, 6.45) is 0. The molecule has 0 saturated heterocycles. The van der Waals surface area contributed by atoms with E-state index in [1.54, 1.807) is 31.2 Å². The smallest absolute Gasteiger partial charge is 0.335 e. The van der Waals surface area contributed by atoms with Gasteiger partial charge in [-0.3, -0.25) is 0 Å². The lowest BCUT2D eigenvalue weighted by Gasteiger charge is -2.23. The summed E-state index contributed by atoms with van der Waals surface area (Å²) in [7, 11) is 0. The van der Waals surface area contributed by atoms with Crippen molar-refractivity contribution in [3.05, 3.63) is 46.1 Å². The number of hydrogen-bond acceptors (Lipinski definition) is 4. The van der Waals surface area contributed by atoms with Gasteiger partial charge in [0.05, 0.1) is 5.57 Å². The summed E-state index contributed by atoms with van der Waals surface area (Å²) in [5.41, 5.74) is 6.99. The van der Waals surface area contributed by atoms with E-state index in [-0.39, 0.29) is 11.5 Å². The summed E-state index contributed by atoms with van der Waals surface area (Å²) in [5.74, 6) is -0.830. The van der Waals surface area contributed by atoms with Crippen LogP contribution in [0.5, 0.6) is 0 Å². The number of nitrogens with one attached hydrogen (secondary N) is 1. The zero-order valence-corrected chi connectivity index (χ0v) is 10.4. The molecule has 6 heteroatoms. The van der Waals surface area contributed by atoms with Gasteiger partial charge in [0.1, 0.15) is 6.04 Å². The highest BCUT2D eigenvalue weighted by Crippen LogP contribution is 2.31. The van der Waals surface area contributed by atoms with Crippen molar-refractivity contribution >= 4 is 23.5 Å². The Balaban J connectivity index is 2.52. The number of halogens is 1. The predicted octanol–water partition coefficient (Wildman–Crippen LogP) is 1.66. The van der Waals surface area contributed by atoms with Crippen molar-refractivity contribution in [2.45, 2.75) is 13.0 Å². The van der Waals surface area contributed by atoms with Crippen molar-refractivity contribution in [2.24, 2.45) is 10.7 Å². The number of carboxylic acids is 1. The van der Waals surface area contributed by atoms with Gasteiger partial charge in [0.2, 0.25) is 0 Å². The van der Waals surface area contributed by atoms with Crippen LogP contribution in [0.4, 0.5) is 0 Å². The molecule has 4 N–H and O–H groups in total. The lowest BCUT2D eigenvalue weighted by Crippen LogP contribution is -2.36. The first-order valence-corrected chi connectivity index (χ1v) is 5.66. The van der Waals surface area contributed by atoms with Gasteiger partial charge in [0.15, 0.2) is 5.96 Å². The van der Waals surface area contributed by atoms with Crippen molar-refractivity contribution in [1.82, 2.24) is 5.32 Å². The number of allylic oxidation sites excluding steroid dienone is 1. The second-order valence-electron chi connectivity index (χ2n) is 3.94. The monoisotopic (exact) mass is 265 g/mol. The van der Waals surface area contributed by atoms with Gasteiger partial charge in [-0.25, -0.2) is 9.79 Å². The van der Waals surface area contributed by atoms with Crippen molar-refractivity contribution in [2.75, 3.05) is 0 Å². The summed E-state index contributed by atoms with van der Waals surface area (Å²) in [5, 5.41) is 12.5. The molecule has 1 atom stereocenters. The molecule has 0 aliphatic carbocycles. The zero-order valence-electron chi connectivity index (χ0n) is 9.64. The first-order chi connectivity index (χ1) is 8.49. The van der Waals surface area contributed by atoms with Gasteiger partial charge in [0.25, 0.3) is 0 Å². The van der Waals surface area contributed by atoms with E-state index in [1.165, 1.54) is 0 Å². The normalized spacial score (nSPS) is 19.2. The SMILES string of the molecule is CC1=C(C(=O)O)C(c2cccc(Cl)c2)N=C(N)N1. The molecule has 1 aliphatic heterocycles. The second kappa shape index (κ2) is 4.70. The fraction of sp³-hybridized carbons (Fsp3) is 0.167. The summed E-state index contributed by atoms with van der Waals surface area (Å²) in [6, 6.07) is 6.29. The van der Waals surface area contributed by atoms with Crippen LogP contribution in [0.1, 0.15) is 18.5 Å². The Morgan fingerprint density at radius 2 is 2.28 bits per heavy atom. The van der Waals surface area contributed by atoms with Crippen LogP contribution in [0.15, 0.2) is 40.5 Å². The highest BCUT2D eigenvalue weighted by molar-refractivity contribution is 6.30. The Morgan fingerprint density at radius 3 is 2.89 bits per heavy atom. The molecular formula is C12H12ClN3O2. The van der Waals surface area contributed by atoms with E-state index in [4.69, 9.17) is 17.3 Å². The number of guanidine groups is 1. The number of nitrogens with zero attached hydrogens (tertiary/aromatic N) is 1. The van der Waals surface area contributed by atoms with Crippen LogP contribution in [-0.2, 0) is 4.79 Å². The van der Waals surface area contributed by atoms with Crippen LogP contribution in [0.25, 0.3) is 0 Å². The molecule has 0 saturated carbocycles. The molecule has 0 amide bonds. The minimum absolute atomic E-state index is 0.173. The number of carboxylic acid groups (broad SMARTS) is 1. The van der Waals surface area contributed by atoms with Gasteiger partial charge in [-0.05, 0) is 24.6 Å². The van der Waals surface area contributed by atoms with Crippen LogP contribution >= 0.6 is 11.6 Å².